The molecule has 0 aromatic rings. The minimum Gasteiger partial charge on any atom is -0.264 e. The quantitative estimate of drug-likeness (QED) is 0.549. The van der Waals surface area contributed by atoms with Crippen LogP contribution in [0.25, 0.3) is 0 Å². The van der Waals surface area contributed by atoms with Crippen molar-refractivity contribution in [1.82, 2.24) is 0 Å². The number of alkyl halides is 2. The van der Waals surface area contributed by atoms with Gasteiger partial charge in [0.25, 0.3) is 6.43 Å². The molecule has 5 heteroatoms. The van der Waals surface area contributed by atoms with Crippen molar-refractivity contribution in [2.45, 2.75) is 59.9 Å². The van der Waals surface area contributed by atoms with Gasteiger partial charge in [-0.1, -0.05) is 47.6 Å². The number of hydrogen-bond donors (Lipinski definition) is 0. The van der Waals surface area contributed by atoms with Crippen LogP contribution in [0.1, 0.15) is 48.0 Å². The lowest BCUT2D eigenvalue weighted by atomic mass is 9.65. The van der Waals surface area contributed by atoms with E-state index in [9.17, 15) is 18.9 Å². The van der Waals surface area contributed by atoms with Crippen LogP contribution in [0.15, 0.2) is 23.3 Å². The summed E-state index contributed by atoms with van der Waals surface area (Å²) in [5, 5.41) is 11.5. The van der Waals surface area contributed by atoms with Crippen LogP contribution in [0.3, 0.4) is 0 Å². The Bertz CT molecular complexity index is 467. The summed E-state index contributed by atoms with van der Waals surface area (Å²) in [5.41, 5.74) is -2.27. The molecule has 3 nitrogen and oxygen atoms in total. The molecule has 1 aliphatic carbocycles. The smallest absolute Gasteiger partial charge is 0.260 e. The Kier molecular flexibility index (Phi) is 4.14. The molecule has 0 bridgehead atoms. The van der Waals surface area contributed by atoms with Gasteiger partial charge in [-0.25, -0.2) is 8.78 Å². The minimum atomic E-state index is -2.67. The Hall–Kier alpha value is -1.26. The van der Waals surface area contributed by atoms with Crippen LogP contribution in [0.2, 0.25) is 0 Å². The molecule has 1 aliphatic rings. The Morgan fingerprint density at radius 2 is 1.75 bits per heavy atom. The molecule has 1 atom stereocenters. The maximum atomic E-state index is 13.4. The number of rotatable bonds is 2. The molecule has 0 amide bonds. The molecule has 20 heavy (non-hydrogen) atoms. The summed E-state index contributed by atoms with van der Waals surface area (Å²) in [4.78, 5) is 11.1. The molecule has 0 heterocycles. The Morgan fingerprint density at radius 1 is 1.25 bits per heavy atom. The fourth-order valence-electron chi connectivity index (χ4n) is 2.61. The lowest BCUT2D eigenvalue weighted by Crippen LogP contribution is -2.50. The molecule has 0 radical (unpaired) electrons. The number of halogens is 2. The Labute approximate surface area is 118 Å². The monoisotopic (exact) mass is 287 g/mol. The molecule has 0 aliphatic heterocycles. The fourth-order valence-corrected chi connectivity index (χ4v) is 2.61. The minimum absolute atomic E-state index is 0.105. The van der Waals surface area contributed by atoms with Crippen molar-refractivity contribution in [2.75, 3.05) is 0 Å². The summed E-state index contributed by atoms with van der Waals surface area (Å²) in [6.45, 7) is 10.7. The van der Waals surface area contributed by atoms with E-state index < -0.39 is 27.7 Å². The summed E-state index contributed by atoms with van der Waals surface area (Å²) in [6.07, 6.45) is 0.124. The van der Waals surface area contributed by atoms with Crippen LogP contribution in [0, 0.1) is 20.9 Å². The first kappa shape index (κ1) is 16.8. The van der Waals surface area contributed by atoms with Crippen molar-refractivity contribution in [3.05, 3.63) is 33.4 Å². The van der Waals surface area contributed by atoms with Gasteiger partial charge in [0.15, 0.2) is 0 Å². The van der Waals surface area contributed by atoms with Crippen LogP contribution >= 0.6 is 0 Å². The largest absolute Gasteiger partial charge is 0.264 e. The highest BCUT2D eigenvalue weighted by molar-refractivity contribution is 5.40. The van der Waals surface area contributed by atoms with Gasteiger partial charge < -0.3 is 0 Å². The summed E-state index contributed by atoms with van der Waals surface area (Å²) in [7, 11) is 0. The average Bonchev–Trinajstić information content (AvgIpc) is 2.24. The molecule has 0 N–H and O–H groups in total. The van der Waals surface area contributed by atoms with Crippen LogP contribution < -0.4 is 0 Å². The van der Waals surface area contributed by atoms with Gasteiger partial charge in [-0.3, -0.25) is 10.1 Å². The van der Waals surface area contributed by atoms with Gasteiger partial charge in [0, 0.05) is 22.3 Å². The standard InChI is InChI=1S/C15H23F2NO2/c1-13(2,3)11-7-8-15(18(19)20,14(4,5)6)9-10(11)12(16)17/h7-8,12H,9H2,1-6H3. The van der Waals surface area contributed by atoms with Crippen LogP contribution in [0.5, 0.6) is 0 Å². The van der Waals surface area contributed by atoms with Crippen molar-refractivity contribution < 1.29 is 13.7 Å². The summed E-state index contributed by atoms with van der Waals surface area (Å²) < 4.78 is 26.8. The molecule has 0 saturated heterocycles. The maximum Gasteiger partial charge on any atom is 0.260 e. The maximum absolute atomic E-state index is 13.4. The van der Waals surface area contributed by atoms with E-state index in [2.05, 4.69) is 0 Å². The number of allylic oxidation sites excluding steroid dienone is 2. The van der Waals surface area contributed by atoms with Gasteiger partial charge in [0.1, 0.15) is 0 Å². The van der Waals surface area contributed by atoms with Crippen molar-refractivity contribution in [3.63, 3.8) is 0 Å². The van der Waals surface area contributed by atoms with E-state index in [-0.39, 0.29) is 12.0 Å². The van der Waals surface area contributed by atoms with Gasteiger partial charge in [-0.15, -0.1) is 0 Å². The van der Waals surface area contributed by atoms with Crippen molar-refractivity contribution in [1.29, 1.82) is 0 Å². The zero-order chi connectivity index (χ0) is 15.9. The summed E-state index contributed by atoms with van der Waals surface area (Å²) >= 11 is 0. The van der Waals surface area contributed by atoms with Gasteiger partial charge in [-0.05, 0) is 17.1 Å². The van der Waals surface area contributed by atoms with E-state index in [0.29, 0.717) is 5.57 Å². The first-order chi connectivity index (χ1) is 8.83. The topological polar surface area (TPSA) is 43.1 Å². The van der Waals surface area contributed by atoms with Gasteiger partial charge in [0.2, 0.25) is 5.54 Å². The number of nitro groups is 1. The second-order valence-electron chi connectivity index (χ2n) is 7.43. The van der Waals surface area contributed by atoms with Crippen molar-refractivity contribution in [2.24, 2.45) is 10.8 Å². The van der Waals surface area contributed by atoms with Gasteiger partial charge in [0.05, 0.1) is 0 Å². The molecule has 0 aromatic carbocycles. The summed E-state index contributed by atoms with van der Waals surface area (Å²) in [5.74, 6) is 0. The molecule has 1 rings (SSSR count). The highest BCUT2D eigenvalue weighted by Crippen LogP contribution is 2.47. The predicted octanol–water partition coefficient (Wildman–Crippen LogP) is 4.62. The first-order valence-corrected chi connectivity index (χ1v) is 6.68. The molecule has 114 valence electrons. The third-order valence-corrected chi connectivity index (χ3v) is 4.03. The highest BCUT2D eigenvalue weighted by atomic mass is 19.3. The second-order valence-corrected chi connectivity index (χ2v) is 7.43. The van der Waals surface area contributed by atoms with Crippen LogP contribution in [-0.4, -0.2) is 16.9 Å². The van der Waals surface area contributed by atoms with E-state index in [4.69, 9.17) is 0 Å². The van der Waals surface area contributed by atoms with Crippen molar-refractivity contribution in [3.8, 4) is 0 Å². The van der Waals surface area contributed by atoms with E-state index in [0.717, 1.165) is 0 Å². The number of hydrogen-bond acceptors (Lipinski definition) is 2. The Balaban J connectivity index is 3.44. The molecule has 0 spiro atoms. The molecule has 0 saturated carbocycles. The zero-order valence-corrected chi connectivity index (χ0v) is 13.0. The molecule has 0 fully saturated rings. The van der Waals surface area contributed by atoms with E-state index in [1.807, 2.05) is 20.8 Å². The van der Waals surface area contributed by atoms with Crippen molar-refractivity contribution >= 4 is 0 Å². The highest BCUT2D eigenvalue weighted by Gasteiger charge is 2.54. The Morgan fingerprint density at radius 3 is 2.05 bits per heavy atom. The van der Waals surface area contributed by atoms with Crippen LogP contribution in [0.4, 0.5) is 8.78 Å². The zero-order valence-electron chi connectivity index (χ0n) is 13.0. The third kappa shape index (κ3) is 2.76. The normalized spacial score (nSPS) is 24.4. The molecule has 0 aromatic heterocycles. The summed E-state index contributed by atoms with van der Waals surface area (Å²) in [6, 6.07) is 0. The lowest BCUT2D eigenvalue weighted by Gasteiger charge is -2.39. The first-order valence-electron chi connectivity index (χ1n) is 6.68. The van der Waals surface area contributed by atoms with E-state index in [1.54, 1.807) is 20.8 Å². The lowest BCUT2D eigenvalue weighted by molar-refractivity contribution is -0.574. The number of nitrogens with zero attached hydrogens (tertiary/aromatic N) is 1. The molecular weight excluding hydrogens is 264 g/mol. The van der Waals surface area contributed by atoms with E-state index in [1.165, 1.54) is 12.2 Å². The van der Waals surface area contributed by atoms with Crippen LogP contribution in [-0.2, 0) is 0 Å². The third-order valence-electron chi connectivity index (χ3n) is 4.03. The SMILES string of the molecule is CC(C)(C)C1=C(C(F)F)CC([N+](=O)[O-])(C(C)(C)C)C=C1. The van der Waals surface area contributed by atoms with Gasteiger partial charge >= 0.3 is 0 Å². The predicted molar refractivity (Wildman–Crippen MR) is 75.4 cm³/mol. The second kappa shape index (κ2) is 4.93. The van der Waals surface area contributed by atoms with E-state index >= 15 is 0 Å². The molecule has 1 unspecified atom stereocenters. The van der Waals surface area contributed by atoms with Gasteiger partial charge in [-0.2, -0.15) is 0 Å². The fraction of sp³-hybridized carbons (Fsp3) is 0.733. The molecular formula is C15H23F2NO2. The average molecular weight is 287 g/mol.